The largest absolute Gasteiger partial charge is 0.360 e. The summed E-state index contributed by atoms with van der Waals surface area (Å²) in [6, 6.07) is 11.1. The van der Waals surface area contributed by atoms with Crippen LogP contribution in [-0.4, -0.2) is 46.4 Å². The van der Waals surface area contributed by atoms with Gasteiger partial charge in [-0.2, -0.15) is 0 Å². The molecule has 29 heavy (non-hydrogen) atoms. The van der Waals surface area contributed by atoms with E-state index in [1.165, 1.54) is 26.6 Å². The molecule has 1 fully saturated rings. The van der Waals surface area contributed by atoms with Crippen molar-refractivity contribution >= 4 is 17.0 Å². The highest BCUT2D eigenvalue weighted by Gasteiger charge is 2.37. The molecule has 1 saturated heterocycles. The summed E-state index contributed by atoms with van der Waals surface area (Å²) in [6.45, 7) is 15.1. The second kappa shape index (κ2) is 7.88. The van der Waals surface area contributed by atoms with Gasteiger partial charge >= 0.3 is 0 Å². The molecule has 6 nitrogen and oxygen atoms in total. The first-order valence-electron chi connectivity index (χ1n) is 10.3. The van der Waals surface area contributed by atoms with Crippen molar-refractivity contribution in [1.29, 1.82) is 0 Å². The lowest BCUT2D eigenvalue weighted by Gasteiger charge is -2.38. The number of rotatable bonds is 4. The quantitative estimate of drug-likeness (QED) is 0.717. The van der Waals surface area contributed by atoms with Crippen LogP contribution in [0.3, 0.4) is 0 Å². The molecule has 154 valence electrons. The topological polar surface area (TPSA) is 51.3 Å². The van der Waals surface area contributed by atoms with Crippen LogP contribution in [0.1, 0.15) is 48.6 Å². The van der Waals surface area contributed by atoms with Crippen LogP contribution in [0.5, 0.6) is 0 Å². The molecule has 0 bridgehead atoms. The highest BCUT2D eigenvalue weighted by atomic mass is 32.1. The Bertz CT molecular complexity index is 948. The lowest BCUT2D eigenvalue weighted by molar-refractivity contribution is -0.926. The van der Waals surface area contributed by atoms with Crippen molar-refractivity contribution < 1.29 is 4.90 Å². The fourth-order valence-electron chi connectivity index (χ4n) is 4.22. The SMILES string of the molecule is Cc1cccc(N2CC[NH+]([C@H](c3cccs3)c3nnnn3C(C)(C)C)CC2)c1C. The second-order valence-corrected chi connectivity index (χ2v) is 9.91. The molecule has 3 heterocycles. The predicted molar refractivity (Wildman–Crippen MR) is 118 cm³/mol. The van der Waals surface area contributed by atoms with Crippen molar-refractivity contribution in [1.82, 2.24) is 20.2 Å². The summed E-state index contributed by atoms with van der Waals surface area (Å²) >= 11 is 1.80. The van der Waals surface area contributed by atoms with Crippen LogP contribution in [0.4, 0.5) is 5.69 Å². The van der Waals surface area contributed by atoms with Crippen LogP contribution in [0, 0.1) is 13.8 Å². The smallest absolute Gasteiger partial charge is 0.215 e. The number of aryl methyl sites for hydroxylation is 1. The van der Waals surface area contributed by atoms with Gasteiger partial charge in [-0.3, -0.25) is 0 Å². The van der Waals surface area contributed by atoms with Crippen LogP contribution in [0.25, 0.3) is 0 Å². The standard InChI is InChI=1S/C22H30N6S/c1-16-8-6-9-18(17(16)2)26-11-13-27(14-12-26)20(19-10-7-15-29-19)21-23-24-25-28(21)22(3,4)5/h6-10,15,20H,11-14H2,1-5H3/p+1/t20-/m1/s1. The third-order valence-corrected chi connectivity index (χ3v) is 6.88. The molecular formula is C22H31N6S+. The molecular weight excluding hydrogens is 380 g/mol. The van der Waals surface area contributed by atoms with E-state index in [-0.39, 0.29) is 11.6 Å². The van der Waals surface area contributed by atoms with Crippen molar-refractivity contribution in [2.24, 2.45) is 0 Å². The van der Waals surface area contributed by atoms with Crippen LogP contribution in [-0.2, 0) is 5.54 Å². The van der Waals surface area contributed by atoms with Gasteiger partial charge in [0.15, 0.2) is 6.04 Å². The number of nitrogens with zero attached hydrogens (tertiary/aromatic N) is 5. The monoisotopic (exact) mass is 411 g/mol. The molecule has 0 saturated carbocycles. The Morgan fingerprint density at radius 3 is 2.48 bits per heavy atom. The zero-order chi connectivity index (χ0) is 20.6. The normalized spacial score (nSPS) is 16.9. The maximum absolute atomic E-state index is 4.49. The molecule has 1 N–H and O–H groups in total. The number of benzene rings is 1. The zero-order valence-corrected chi connectivity index (χ0v) is 18.8. The highest BCUT2D eigenvalue weighted by Crippen LogP contribution is 2.26. The van der Waals surface area contributed by atoms with Gasteiger partial charge in [0, 0.05) is 5.69 Å². The number of hydrogen-bond acceptors (Lipinski definition) is 5. The summed E-state index contributed by atoms with van der Waals surface area (Å²) in [5.41, 5.74) is 3.98. The van der Waals surface area contributed by atoms with E-state index in [0.717, 1.165) is 32.0 Å². The number of quaternary nitrogens is 1. The highest BCUT2D eigenvalue weighted by molar-refractivity contribution is 7.10. The number of aromatic nitrogens is 4. The molecule has 0 unspecified atom stereocenters. The van der Waals surface area contributed by atoms with E-state index in [0.29, 0.717) is 0 Å². The molecule has 2 aromatic heterocycles. The molecule has 4 rings (SSSR count). The Morgan fingerprint density at radius 2 is 1.83 bits per heavy atom. The third-order valence-electron chi connectivity index (χ3n) is 5.95. The Morgan fingerprint density at radius 1 is 1.07 bits per heavy atom. The summed E-state index contributed by atoms with van der Waals surface area (Å²) in [5, 5.41) is 15.0. The lowest BCUT2D eigenvalue weighted by atomic mass is 10.1. The van der Waals surface area contributed by atoms with Crippen molar-refractivity contribution in [2.75, 3.05) is 31.1 Å². The molecule has 0 aliphatic carbocycles. The summed E-state index contributed by atoms with van der Waals surface area (Å²) in [4.78, 5) is 5.40. The molecule has 0 spiro atoms. The minimum atomic E-state index is -0.145. The Balaban J connectivity index is 1.60. The van der Waals surface area contributed by atoms with Crippen molar-refractivity contribution in [3.05, 3.63) is 57.5 Å². The first-order chi connectivity index (χ1) is 13.9. The Hall–Kier alpha value is -2.25. The molecule has 1 aliphatic heterocycles. The van der Waals surface area contributed by atoms with Gasteiger partial charge in [0.1, 0.15) is 0 Å². The fourth-order valence-corrected chi connectivity index (χ4v) is 5.10. The van der Waals surface area contributed by atoms with Gasteiger partial charge in [0.2, 0.25) is 5.82 Å². The molecule has 0 amide bonds. The van der Waals surface area contributed by atoms with Crippen molar-refractivity contribution in [3.8, 4) is 0 Å². The van der Waals surface area contributed by atoms with E-state index in [9.17, 15) is 0 Å². The maximum atomic E-state index is 4.49. The lowest BCUT2D eigenvalue weighted by Crippen LogP contribution is -3.15. The summed E-state index contributed by atoms with van der Waals surface area (Å²) in [7, 11) is 0. The van der Waals surface area contributed by atoms with Crippen LogP contribution >= 0.6 is 11.3 Å². The zero-order valence-electron chi connectivity index (χ0n) is 18.0. The summed E-state index contributed by atoms with van der Waals surface area (Å²) in [5.74, 6) is 0.968. The van der Waals surface area contributed by atoms with Gasteiger partial charge < -0.3 is 9.80 Å². The summed E-state index contributed by atoms with van der Waals surface area (Å²) < 4.78 is 2.00. The molecule has 0 radical (unpaired) electrons. The average Bonchev–Trinajstić information content (AvgIpc) is 3.37. The number of thiophene rings is 1. The average molecular weight is 412 g/mol. The maximum Gasteiger partial charge on any atom is 0.215 e. The minimum absolute atomic E-state index is 0.145. The fraction of sp³-hybridized carbons (Fsp3) is 0.500. The number of piperazine rings is 1. The molecule has 1 aromatic carbocycles. The van der Waals surface area contributed by atoms with Gasteiger partial charge in [0.05, 0.1) is 36.6 Å². The van der Waals surface area contributed by atoms with Gasteiger partial charge in [-0.1, -0.05) is 18.2 Å². The van der Waals surface area contributed by atoms with E-state index in [1.54, 1.807) is 11.3 Å². The Labute approximate surface area is 177 Å². The second-order valence-electron chi connectivity index (χ2n) is 8.93. The molecule has 1 aliphatic rings. The van der Waals surface area contributed by atoms with Gasteiger partial charge in [-0.15, -0.1) is 16.4 Å². The number of tetrazole rings is 1. The first-order valence-corrected chi connectivity index (χ1v) is 11.2. The third kappa shape index (κ3) is 3.94. The summed E-state index contributed by atoms with van der Waals surface area (Å²) in [6.07, 6.45) is 0. The molecule has 3 aromatic rings. The van der Waals surface area contributed by atoms with E-state index in [1.807, 2.05) is 4.68 Å². The number of anilines is 1. The van der Waals surface area contributed by atoms with Crippen LogP contribution < -0.4 is 9.80 Å². The number of nitrogens with one attached hydrogen (secondary N) is 1. The van der Waals surface area contributed by atoms with Crippen molar-refractivity contribution in [3.63, 3.8) is 0 Å². The number of hydrogen-bond donors (Lipinski definition) is 1. The molecule has 7 heteroatoms. The van der Waals surface area contributed by atoms with Gasteiger partial charge in [0.25, 0.3) is 0 Å². The first kappa shape index (κ1) is 20.0. The van der Waals surface area contributed by atoms with Crippen LogP contribution in [0.15, 0.2) is 35.7 Å². The molecule has 1 atom stereocenters. The van der Waals surface area contributed by atoms with Crippen molar-refractivity contribution in [2.45, 2.75) is 46.2 Å². The minimum Gasteiger partial charge on any atom is -0.360 e. The van der Waals surface area contributed by atoms with E-state index >= 15 is 0 Å². The predicted octanol–water partition coefficient (Wildman–Crippen LogP) is 2.60. The Kier molecular flexibility index (Phi) is 5.44. The van der Waals surface area contributed by atoms with E-state index in [4.69, 9.17) is 0 Å². The van der Waals surface area contributed by atoms with E-state index < -0.39 is 0 Å². The van der Waals surface area contributed by atoms with E-state index in [2.05, 4.69) is 90.8 Å². The van der Waals surface area contributed by atoms with Gasteiger partial charge in [-0.05, 0) is 73.7 Å². The van der Waals surface area contributed by atoms with Gasteiger partial charge in [-0.25, -0.2) is 4.68 Å². The van der Waals surface area contributed by atoms with Crippen LogP contribution in [0.2, 0.25) is 0 Å².